The third-order valence-corrected chi connectivity index (χ3v) is 7.12. The summed E-state index contributed by atoms with van der Waals surface area (Å²) >= 11 is 0. The van der Waals surface area contributed by atoms with E-state index in [9.17, 15) is 18.0 Å². The molecule has 1 unspecified atom stereocenters. The molecule has 3 aromatic rings. The number of fused-ring (bicyclic) bond motifs is 1. The molecule has 1 heterocycles. The van der Waals surface area contributed by atoms with Gasteiger partial charge in [0, 0.05) is 22.4 Å². The molecule has 0 saturated carbocycles. The molecule has 1 aliphatic heterocycles. The predicted octanol–water partition coefficient (Wildman–Crippen LogP) is 5.31. The number of carbonyl (C=O) groups excluding carboxylic acids is 2. The van der Waals surface area contributed by atoms with E-state index < -0.39 is 15.9 Å². The van der Waals surface area contributed by atoms with E-state index in [0.29, 0.717) is 17.5 Å². The molecule has 200 valence electrons. The summed E-state index contributed by atoms with van der Waals surface area (Å²) in [6.07, 6.45) is 1.67. The number of amides is 2. The Morgan fingerprint density at radius 3 is 2.18 bits per heavy atom. The summed E-state index contributed by atoms with van der Waals surface area (Å²) in [5.74, 6) is -0.730. The molecular weight excluding hydrogens is 498 g/mol. The molecule has 0 bridgehead atoms. The van der Waals surface area contributed by atoms with Crippen LogP contribution < -0.4 is 15.4 Å². The van der Waals surface area contributed by atoms with Crippen molar-refractivity contribution in [2.75, 3.05) is 11.6 Å². The van der Waals surface area contributed by atoms with Crippen LogP contribution in [0.4, 0.5) is 5.69 Å². The van der Waals surface area contributed by atoms with Crippen molar-refractivity contribution in [1.82, 2.24) is 10.0 Å². The third kappa shape index (κ3) is 6.42. The van der Waals surface area contributed by atoms with Crippen molar-refractivity contribution >= 4 is 27.5 Å². The van der Waals surface area contributed by atoms with Crippen molar-refractivity contribution in [2.24, 2.45) is 5.41 Å². The zero-order valence-electron chi connectivity index (χ0n) is 22.7. The molecule has 4 rings (SSSR count). The summed E-state index contributed by atoms with van der Waals surface area (Å²) in [5, 5.41) is 6.63. The van der Waals surface area contributed by atoms with Crippen LogP contribution >= 0.6 is 0 Å². The van der Waals surface area contributed by atoms with E-state index in [2.05, 4.69) is 42.7 Å². The summed E-state index contributed by atoms with van der Waals surface area (Å²) in [7, 11) is -3.64. The first-order valence-corrected chi connectivity index (χ1v) is 14.4. The number of hydrogen-bond acceptors (Lipinski definition) is 5. The number of nitrogens with one attached hydrogen (secondary N) is 3. The fourth-order valence-electron chi connectivity index (χ4n) is 4.85. The molecule has 0 aromatic heterocycles. The molecule has 0 spiro atoms. The number of anilines is 1. The quantitative estimate of drug-likeness (QED) is 0.413. The van der Waals surface area contributed by atoms with Crippen molar-refractivity contribution < 1.29 is 18.0 Å². The molecule has 0 fully saturated rings. The minimum Gasteiger partial charge on any atom is -0.377 e. The van der Waals surface area contributed by atoms with E-state index in [0.717, 1.165) is 34.2 Å². The molecule has 1 aliphatic rings. The maximum atomic E-state index is 12.5. The fourth-order valence-corrected chi connectivity index (χ4v) is 5.31. The smallest absolute Gasteiger partial charge is 0.264 e. The van der Waals surface area contributed by atoms with Crippen LogP contribution in [0.1, 0.15) is 72.5 Å². The molecule has 2 amide bonds. The van der Waals surface area contributed by atoms with Crippen molar-refractivity contribution in [3.63, 3.8) is 0 Å². The Bertz CT molecular complexity index is 1490. The monoisotopic (exact) mass is 533 g/mol. The van der Waals surface area contributed by atoms with Crippen LogP contribution in [0.2, 0.25) is 0 Å². The number of carbonyl (C=O) groups is 2. The predicted molar refractivity (Wildman–Crippen MR) is 152 cm³/mol. The summed E-state index contributed by atoms with van der Waals surface area (Å²) < 4.78 is 25.0. The van der Waals surface area contributed by atoms with E-state index in [1.54, 1.807) is 12.1 Å². The van der Waals surface area contributed by atoms with Gasteiger partial charge in [0.2, 0.25) is 10.0 Å². The topological polar surface area (TPSA) is 104 Å². The second-order valence-corrected chi connectivity index (χ2v) is 13.5. The lowest BCUT2D eigenvalue weighted by molar-refractivity contribution is 0.0918. The van der Waals surface area contributed by atoms with Crippen LogP contribution in [0.15, 0.2) is 66.7 Å². The zero-order chi connectivity index (χ0) is 27.9. The van der Waals surface area contributed by atoms with Gasteiger partial charge in [0.15, 0.2) is 0 Å². The Morgan fingerprint density at radius 2 is 1.55 bits per heavy atom. The van der Waals surface area contributed by atoms with Crippen molar-refractivity contribution in [2.45, 2.75) is 52.6 Å². The van der Waals surface area contributed by atoms with Gasteiger partial charge in [-0.2, -0.15) is 0 Å². The summed E-state index contributed by atoms with van der Waals surface area (Å²) in [6, 6.07) is 21.2. The van der Waals surface area contributed by atoms with Gasteiger partial charge in [0.25, 0.3) is 11.8 Å². The van der Waals surface area contributed by atoms with Crippen molar-refractivity contribution in [1.29, 1.82) is 0 Å². The highest BCUT2D eigenvalue weighted by Gasteiger charge is 2.36. The second-order valence-electron chi connectivity index (χ2n) is 11.7. The maximum absolute atomic E-state index is 12.5. The van der Waals surface area contributed by atoms with Crippen LogP contribution in [0.3, 0.4) is 0 Å². The minimum absolute atomic E-state index is 0.0162. The Morgan fingerprint density at radius 1 is 0.895 bits per heavy atom. The SMILES string of the molecule is CC(C)(C)NC(=O)c1ccc(-c2cccc(C3Nc4ccc(C(=O)NS(C)(=O)=O)cc4CC3(C)C)c2)cc1. The standard InChI is InChI=1S/C30H35N3O4S/c1-29(2,3)32-27(34)20-12-10-19(11-13-20)21-8-7-9-22(16-21)26-30(4,5)18-24-17-23(14-15-25(24)31-26)28(35)33-38(6,36)37/h7-17,26,31H,18H2,1-6H3,(H,32,34)(H,33,35). The summed E-state index contributed by atoms with van der Waals surface area (Å²) in [5.41, 5.74) is 5.54. The first-order chi connectivity index (χ1) is 17.6. The molecule has 3 N–H and O–H groups in total. The Balaban J connectivity index is 1.57. The van der Waals surface area contributed by atoms with Gasteiger partial charge >= 0.3 is 0 Å². The van der Waals surface area contributed by atoms with Gasteiger partial charge < -0.3 is 10.6 Å². The van der Waals surface area contributed by atoms with Crippen LogP contribution in [0.25, 0.3) is 11.1 Å². The van der Waals surface area contributed by atoms with Crippen LogP contribution in [-0.4, -0.2) is 32.0 Å². The molecule has 38 heavy (non-hydrogen) atoms. The second kappa shape index (κ2) is 9.91. The Kier molecular flexibility index (Phi) is 7.14. The number of benzene rings is 3. The van der Waals surface area contributed by atoms with Gasteiger partial charge in [0.05, 0.1) is 12.3 Å². The van der Waals surface area contributed by atoms with Gasteiger partial charge in [0.1, 0.15) is 0 Å². The zero-order valence-corrected chi connectivity index (χ0v) is 23.5. The van der Waals surface area contributed by atoms with Crippen molar-refractivity contribution in [3.8, 4) is 11.1 Å². The van der Waals surface area contributed by atoms with E-state index >= 15 is 0 Å². The molecule has 0 aliphatic carbocycles. The normalized spacial score (nSPS) is 16.6. The first kappa shape index (κ1) is 27.4. The molecular formula is C30H35N3O4S. The maximum Gasteiger partial charge on any atom is 0.264 e. The lowest BCUT2D eigenvalue weighted by Crippen LogP contribution is -2.40. The summed E-state index contributed by atoms with van der Waals surface area (Å²) in [4.78, 5) is 24.8. The van der Waals surface area contributed by atoms with E-state index in [4.69, 9.17) is 0 Å². The lowest BCUT2D eigenvalue weighted by Gasteiger charge is -2.41. The van der Waals surface area contributed by atoms with Crippen LogP contribution in [0, 0.1) is 5.41 Å². The number of rotatable bonds is 5. The molecule has 7 nitrogen and oxygen atoms in total. The number of sulfonamides is 1. The van der Waals surface area contributed by atoms with E-state index in [1.165, 1.54) is 0 Å². The molecule has 1 atom stereocenters. The van der Waals surface area contributed by atoms with Gasteiger partial charge in [-0.3, -0.25) is 9.59 Å². The van der Waals surface area contributed by atoms with Crippen molar-refractivity contribution in [3.05, 3.63) is 89.0 Å². The largest absolute Gasteiger partial charge is 0.377 e. The van der Waals surface area contributed by atoms with Crippen LogP contribution in [0.5, 0.6) is 0 Å². The highest BCUT2D eigenvalue weighted by atomic mass is 32.2. The van der Waals surface area contributed by atoms with E-state index in [1.807, 2.05) is 61.9 Å². The average molecular weight is 534 g/mol. The number of hydrogen-bond donors (Lipinski definition) is 3. The fraction of sp³-hybridized carbons (Fsp3) is 0.333. The Hall–Kier alpha value is -3.65. The van der Waals surface area contributed by atoms with Crippen LogP contribution in [-0.2, 0) is 16.4 Å². The summed E-state index contributed by atoms with van der Waals surface area (Å²) in [6.45, 7) is 10.2. The Labute approximate surface area is 225 Å². The lowest BCUT2D eigenvalue weighted by atomic mass is 9.72. The average Bonchev–Trinajstić information content (AvgIpc) is 2.80. The molecule has 8 heteroatoms. The minimum atomic E-state index is -3.64. The van der Waals surface area contributed by atoms with Gasteiger partial charge in [-0.05, 0) is 91.3 Å². The van der Waals surface area contributed by atoms with E-state index in [-0.39, 0.29) is 22.9 Å². The van der Waals surface area contributed by atoms with Gasteiger partial charge in [-0.15, -0.1) is 0 Å². The van der Waals surface area contributed by atoms with Gasteiger partial charge in [-0.1, -0.05) is 44.2 Å². The molecule has 0 radical (unpaired) electrons. The first-order valence-electron chi connectivity index (χ1n) is 12.6. The molecule has 3 aromatic carbocycles. The highest BCUT2D eigenvalue weighted by Crippen LogP contribution is 2.45. The highest BCUT2D eigenvalue weighted by molar-refractivity contribution is 7.89. The molecule has 0 saturated heterocycles. The third-order valence-electron chi connectivity index (χ3n) is 6.56. The van der Waals surface area contributed by atoms with Gasteiger partial charge in [-0.25, -0.2) is 13.1 Å².